The summed E-state index contributed by atoms with van der Waals surface area (Å²) >= 11 is 12.1. The topological polar surface area (TPSA) is 70.5 Å². The maximum Gasteiger partial charge on any atom is 0.257 e. The van der Waals surface area contributed by atoms with Crippen molar-refractivity contribution >= 4 is 40.3 Å². The molecule has 0 aliphatic heterocycles. The summed E-state index contributed by atoms with van der Waals surface area (Å²) in [6, 6.07) is 5.58. The third kappa shape index (κ3) is 2.92. The van der Waals surface area contributed by atoms with Crippen LogP contribution in [0.25, 0.3) is 5.52 Å². The fourth-order valence-corrected chi connectivity index (χ4v) is 3.35. The van der Waals surface area contributed by atoms with Crippen molar-refractivity contribution in [3.8, 4) is 0 Å². The van der Waals surface area contributed by atoms with Crippen molar-refractivity contribution in [2.75, 3.05) is 5.32 Å². The first-order chi connectivity index (χ1) is 11.9. The number of hydrogen-bond acceptors (Lipinski definition) is 3. The van der Waals surface area contributed by atoms with Gasteiger partial charge in [-0.2, -0.15) is 5.10 Å². The van der Waals surface area contributed by atoms with Gasteiger partial charge in [0.2, 0.25) is 12.4 Å². The number of anilines is 1. The molecule has 3 heterocycles. The molecular weight excluding hydrogens is 363 g/mol. The first kappa shape index (κ1) is 16.2. The molecule has 1 fully saturated rings. The van der Waals surface area contributed by atoms with Crippen LogP contribution in [-0.2, 0) is 0 Å². The van der Waals surface area contributed by atoms with Crippen LogP contribution in [0.15, 0.2) is 30.6 Å². The molecule has 6 nitrogen and oxygen atoms in total. The highest BCUT2D eigenvalue weighted by Gasteiger charge is 2.27. The monoisotopic (exact) mass is 377 g/mol. The fourth-order valence-electron chi connectivity index (χ4n) is 2.80. The van der Waals surface area contributed by atoms with Crippen molar-refractivity contribution < 1.29 is 14.7 Å². The Kier molecular flexibility index (Phi) is 3.81. The molecule has 0 unspecified atom stereocenters. The summed E-state index contributed by atoms with van der Waals surface area (Å²) in [5, 5.41) is 17.0. The molecule has 1 aliphatic rings. The second-order valence-electron chi connectivity index (χ2n) is 6.19. The smallest absolute Gasteiger partial charge is 0.257 e. The van der Waals surface area contributed by atoms with Gasteiger partial charge in [0.1, 0.15) is 10.0 Å². The normalized spacial score (nSPS) is 14.0. The Morgan fingerprint density at radius 3 is 2.64 bits per heavy atom. The van der Waals surface area contributed by atoms with Gasteiger partial charge >= 0.3 is 0 Å². The second kappa shape index (κ2) is 5.89. The van der Waals surface area contributed by atoms with Crippen LogP contribution in [0.2, 0.25) is 10.0 Å². The minimum atomic E-state index is -0.341. The van der Waals surface area contributed by atoms with Gasteiger partial charge in [0.25, 0.3) is 5.91 Å². The zero-order valence-electron chi connectivity index (χ0n) is 13.3. The highest BCUT2D eigenvalue weighted by Crippen LogP contribution is 2.40. The summed E-state index contributed by atoms with van der Waals surface area (Å²) in [7, 11) is 0. The lowest BCUT2D eigenvalue weighted by molar-refractivity contribution is -0.904. The van der Waals surface area contributed by atoms with Crippen LogP contribution in [0, 0.1) is 6.92 Å². The number of nitrogens with one attached hydrogen (secondary N) is 1. The number of carbonyl (C=O) groups is 1. The molecule has 3 aromatic heterocycles. The Hall–Kier alpha value is -2.31. The number of rotatable bonds is 3. The van der Waals surface area contributed by atoms with Crippen molar-refractivity contribution in [2.45, 2.75) is 25.7 Å². The minimum Gasteiger partial charge on any atom is -0.319 e. The lowest BCUT2D eigenvalue weighted by Crippen LogP contribution is -2.29. The largest absolute Gasteiger partial charge is 0.319 e. The summed E-state index contributed by atoms with van der Waals surface area (Å²) < 4.78 is 2.53. The van der Waals surface area contributed by atoms with Crippen LogP contribution in [0.4, 0.5) is 5.69 Å². The Labute approximate surface area is 153 Å². The molecule has 25 heavy (non-hydrogen) atoms. The van der Waals surface area contributed by atoms with E-state index in [9.17, 15) is 10.0 Å². The number of amides is 1. The number of fused-ring (bicyclic) bond motifs is 1. The predicted octanol–water partition coefficient (Wildman–Crippen LogP) is 3.60. The van der Waals surface area contributed by atoms with E-state index in [1.165, 1.54) is 12.4 Å². The SMILES string of the molecule is Cc1ccc(C(=O)Nc2c(Cl)c[n+](O)cc2Cl)c2cc(C3CC3)nn12. The van der Waals surface area contributed by atoms with Gasteiger partial charge in [0, 0.05) is 16.3 Å². The zero-order valence-corrected chi connectivity index (χ0v) is 14.8. The Balaban J connectivity index is 1.74. The summed E-state index contributed by atoms with van der Waals surface area (Å²) in [6.07, 6.45) is 4.78. The average molecular weight is 378 g/mol. The molecule has 1 saturated carbocycles. The number of aromatic nitrogens is 3. The summed E-state index contributed by atoms with van der Waals surface area (Å²) in [4.78, 5) is 12.8. The van der Waals surface area contributed by atoms with Gasteiger partial charge in [-0.05, 0) is 38.0 Å². The Morgan fingerprint density at radius 2 is 2.00 bits per heavy atom. The molecule has 3 aromatic rings. The summed E-state index contributed by atoms with van der Waals surface area (Å²) in [5.74, 6) is 0.153. The molecule has 8 heteroatoms. The van der Waals surface area contributed by atoms with Crippen LogP contribution in [0.1, 0.15) is 40.5 Å². The number of pyridine rings is 2. The summed E-state index contributed by atoms with van der Waals surface area (Å²) in [5.41, 5.74) is 3.45. The van der Waals surface area contributed by atoms with Crippen LogP contribution in [0.5, 0.6) is 0 Å². The van der Waals surface area contributed by atoms with Gasteiger partial charge in [-0.15, -0.1) is 0 Å². The number of carbonyl (C=O) groups excluding carboxylic acids is 1. The van der Waals surface area contributed by atoms with E-state index in [-0.39, 0.29) is 21.6 Å². The molecule has 0 aromatic carbocycles. The molecule has 0 radical (unpaired) electrons. The molecule has 0 bridgehead atoms. The lowest BCUT2D eigenvalue weighted by atomic mass is 10.1. The number of halogens is 2. The standard InChI is InChI=1S/C17H14Cl2N4O2/c1-9-2-5-11(15-6-14(10-3-4-10)21-23(9)15)17(24)20-16-12(18)7-22(25)8-13(16)19/h2,5-8,10,25H,3-4H2,1H3/p+1. The molecule has 1 amide bonds. The number of aryl methyl sites for hydroxylation is 1. The van der Waals surface area contributed by atoms with Gasteiger partial charge in [-0.1, -0.05) is 23.2 Å². The predicted molar refractivity (Wildman–Crippen MR) is 93.7 cm³/mol. The Bertz CT molecular complexity index is 988. The van der Waals surface area contributed by atoms with Crippen molar-refractivity contribution in [1.82, 2.24) is 9.61 Å². The highest BCUT2D eigenvalue weighted by atomic mass is 35.5. The van der Waals surface area contributed by atoms with Crippen molar-refractivity contribution in [2.24, 2.45) is 0 Å². The van der Waals surface area contributed by atoms with E-state index in [0.717, 1.165) is 34.5 Å². The molecule has 0 atom stereocenters. The first-order valence-electron chi connectivity index (χ1n) is 7.84. The third-order valence-electron chi connectivity index (χ3n) is 4.28. The van der Waals surface area contributed by atoms with E-state index < -0.39 is 0 Å². The van der Waals surface area contributed by atoms with Crippen molar-refractivity contribution in [3.05, 3.63) is 57.6 Å². The molecular formula is C17H15Cl2N4O2+. The van der Waals surface area contributed by atoms with Crippen molar-refractivity contribution in [1.29, 1.82) is 0 Å². The quantitative estimate of drug-likeness (QED) is 0.541. The Morgan fingerprint density at radius 1 is 1.32 bits per heavy atom. The van der Waals surface area contributed by atoms with Crippen molar-refractivity contribution in [3.63, 3.8) is 0 Å². The number of nitrogens with zero attached hydrogens (tertiary/aromatic N) is 3. The van der Waals surface area contributed by atoms with E-state index in [0.29, 0.717) is 11.5 Å². The zero-order chi connectivity index (χ0) is 17.7. The van der Waals surface area contributed by atoms with Gasteiger partial charge < -0.3 is 5.32 Å². The molecule has 1 aliphatic carbocycles. The molecule has 2 N–H and O–H groups in total. The highest BCUT2D eigenvalue weighted by molar-refractivity contribution is 6.39. The van der Waals surface area contributed by atoms with Crippen LogP contribution >= 0.6 is 23.2 Å². The van der Waals surface area contributed by atoms with Gasteiger partial charge in [-0.3, -0.25) is 10.0 Å². The van der Waals surface area contributed by atoms with E-state index in [4.69, 9.17) is 23.2 Å². The molecule has 128 valence electrons. The first-order valence-corrected chi connectivity index (χ1v) is 8.60. The second-order valence-corrected chi connectivity index (χ2v) is 7.01. The molecule has 0 saturated heterocycles. The number of hydrogen-bond donors (Lipinski definition) is 2. The molecule has 4 rings (SSSR count). The van der Waals surface area contributed by atoms with E-state index >= 15 is 0 Å². The van der Waals surface area contributed by atoms with Crippen LogP contribution < -0.4 is 10.0 Å². The lowest BCUT2D eigenvalue weighted by Gasteiger charge is -2.09. The summed E-state index contributed by atoms with van der Waals surface area (Å²) in [6.45, 7) is 1.95. The van der Waals surface area contributed by atoms with Gasteiger partial charge in [0.05, 0.1) is 22.5 Å². The molecule has 0 spiro atoms. The van der Waals surface area contributed by atoms with E-state index in [1.807, 2.05) is 19.1 Å². The third-order valence-corrected chi connectivity index (χ3v) is 4.85. The van der Waals surface area contributed by atoms with E-state index in [1.54, 1.807) is 10.6 Å². The average Bonchev–Trinajstić information content (AvgIpc) is 3.30. The van der Waals surface area contributed by atoms with Gasteiger partial charge in [0.15, 0.2) is 0 Å². The van der Waals surface area contributed by atoms with Gasteiger partial charge in [-0.25, -0.2) is 4.52 Å². The minimum absolute atomic E-state index is 0.138. The maximum atomic E-state index is 12.8. The maximum absolute atomic E-state index is 12.8. The van der Waals surface area contributed by atoms with Crippen LogP contribution in [0.3, 0.4) is 0 Å². The fraction of sp³-hybridized carbons (Fsp3) is 0.235. The van der Waals surface area contributed by atoms with Crippen LogP contribution in [-0.4, -0.2) is 20.7 Å². The van der Waals surface area contributed by atoms with E-state index in [2.05, 4.69) is 10.4 Å².